The second kappa shape index (κ2) is 6.99. The van der Waals surface area contributed by atoms with Gasteiger partial charge in [0.25, 0.3) is 5.91 Å². The molecule has 0 fully saturated rings. The Kier molecular flexibility index (Phi) is 4.38. The quantitative estimate of drug-likeness (QED) is 0.685. The number of benzene rings is 2. The third-order valence-electron chi connectivity index (χ3n) is 4.59. The molecule has 1 aromatic heterocycles. The van der Waals surface area contributed by atoms with E-state index in [4.69, 9.17) is 9.47 Å². The van der Waals surface area contributed by atoms with Crippen LogP contribution in [0, 0.1) is 0 Å². The normalized spacial score (nSPS) is 15.1. The Labute approximate surface area is 156 Å². The fourth-order valence-electron chi connectivity index (χ4n) is 3.21. The van der Waals surface area contributed by atoms with Gasteiger partial charge in [0, 0.05) is 29.1 Å². The van der Waals surface area contributed by atoms with Crippen LogP contribution in [0.2, 0.25) is 0 Å². The number of ether oxygens (including phenoxy) is 2. The molecule has 6 nitrogen and oxygen atoms in total. The molecule has 27 heavy (non-hydrogen) atoms. The summed E-state index contributed by atoms with van der Waals surface area (Å²) in [6, 6.07) is 13.7. The van der Waals surface area contributed by atoms with Crippen molar-refractivity contribution < 1.29 is 14.3 Å². The molecule has 6 heteroatoms. The lowest BCUT2D eigenvalue weighted by Crippen LogP contribution is -2.14. The fourth-order valence-corrected chi connectivity index (χ4v) is 3.21. The number of carbonyl (C=O) groups is 1. The lowest BCUT2D eigenvalue weighted by atomic mass is 10.00. The summed E-state index contributed by atoms with van der Waals surface area (Å²) in [4.78, 5) is 15.5. The minimum atomic E-state index is -0.198. The van der Waals surface area contributed by atoms with Gasteiger partial charge in [0.05, 0.1) is 25.5 Å². The van der Waals surface area contributed by atoms with Crippen molar-refractivity contribution in [2.24, 2.45) is 5.10 Å². The van der Waals surface area contributed by atoms with Gasteiger partial charge in [-0.25, -0.2) is 5.43 Å². The zero-order valence-electron chi connectivity index (χ0n) is 15.1. The maximum absolute atomic E-state index is 12.3. The van der Waals surface area contributed by atoms with E-state index < -0.39 is 0 Å². The van der Waals surface area contributed by atoms with Crippen LogP contribution in [0.3, 0.4) is 0 Å². The standard InChI is InChI=1S/C21H19N3O3/c1-26-19-8-7-13(10-20(19)27-2)9-18-16(21(25)24-23-18)11-14-12-22-17-6-4-3-5-15(14)17/h3-8,10-12,22H,9H2,1-2H3,(H,24,25)/b16-11-. The molecule has 0 spiro atoms. The third-order valence-corrected chi connectivity index (χ3v) is 4.59. The lowest BCUT2D eigenvalue weighted by Gasteiger charge is -2.09. The predicted octanol–water partition coefficient (Wildman–Crippen LogP) is 3.30. The van der Waals surface area contributed by atoms with Gasteiger partial charge in [-0.1, -0.05) is 24.3 Å². The second-order valence-electron chi connectivity index (χ2n) is 6.21. The van der Waals surface area contributed by atoms with Crippen LogP contribution < -0.4 is 14.9 Å². The average Bonchev–Trinajstić information content (AvgIpc) is 3.26. The van der Waals surface area contributed by atoms with Crippen molar-refractivity contribution in [1.29, 1.82) is 0 Å². The summed E-state index contributed by atoms with van der Waals surface area (Å²) < 4.78 is 10.6. The van der Waals surface area contributed by atoms with Crippen molar-refractivity contribution in [2.45, 2.75) is 6.42 Å². The van der Waals surface area contributed by atoms with Crippen molar-refractivity contribution in [3.05, 3.63) is 65.4 Å². The molecule has 0 unspecified atom stereocenters. The van der Waals surface area contributed by atoms with Crippen LogP contribution in [0.5, 0.6) is 11.5 Å². The number of hydrogen-bond acceptors (Lipinski definition) is 4. The molecule has 2 heterocycles. The Bertz CT molecular complexity index is 1080. The minimum absolute atomic E-state index is 0.198. The highest BCUT2D eigenvalue weighted by atomic mass is 16.5. The van der Waals surface area contributed by atoms with Crippen molar-refractivity contribution in [2.75, 3.05) is 14.2 Å². The van der Waals surface area contributed by atoms with Crippen LogP contribution in [-0.2, 0) is 11.2 Å². The summed E-state index contributed by atoms with van der Waals surface area (Å²) in [7, 11) is 3.20. The number of amides is 1. The van der Waals surface area contributed by atoms with Crippen LogP contribution in [0.4, 0.5) is 0 Å². The van der Waals surface area contributed by atoms with Gasteiger partial charge >= 0.3 is 0 Å². The molecule has 0 aliphatic carbocycles. The van der Waals surface area contributed by atoms with Crippen molar-refractivity contribution in [1.82, 2.24) is 10.4 Å². The lowest BCUT2D eigenvalue weighted by molar-refractivity contribution is -0.116. The van der Waals surface area contributed by atoms with E-state index in [1.54, 1.807) is 14.2 Å². The molecule has 2 aromatic carbocycles. The van der Waals surface area contributed by atoms with Gasteiger partial charge in [0.1, 0.15) is 0 Å². The molecule has 0 saturated carbocycles. The molecule has 0 radical (unpaired) electrons. The number of hydrogen-bond donors (Lipinski definition) is 2. The Hall–Kier alpha value is -3.54. The second-order valence-corrected chi connectivity index (χ2v) is 6.21. The topological polar surface area (TPSA) is 75.7 Å². The number of nitrogens with one attached hydrogen (secondary N) is 2. The van der Waals surface area contributed by atoms with E-state index >= 15 is 0 Å². The predicted molar refractivity (Wildman–Crippen MR) is 105 cm³/mol. The van der Waals surface area contributed by atoms with Gasteiger partial charge in [-0.15, -0.1) is 0 Å². The van der Waals surface area contributed by atoms with Gasteiger partial charge in [-0.2, -0.15) is 5.10 Å². The van der Waals surface area contributed by atoms with Gasteiger partial charge < -0.3 is 14.5 Å². The Morgan fingerprint density at radius 3 is 2.70 bits per heavy atom. The van der Waals surface area contributed by atoms with E-state index in [0.29, 0.717) is 29.2 Å². The molecule has 0 saturated heterocycles. The molecule has 2 N–H and O–H groups in total. The monoisotopic (exact) mass is 361 g/mol. The number of methoxy groups -OCH3 is 2. The van der Waals surface area contributed by atoms with Gasteiger partial charge in [0.15, 0.2) is 11.5 Å². The molecule has 1 aliphatic rings. The van der Waals surface area contributed by atoms with Crippen LogP contribution in [0.15, 0.2) is 59.3 Å². The number of hydrazone groups is 1. The summed E-state index contributed by atoms with van der Waals surface area (Å²) in [6.07, 6.45) is 4.28. The van der Waals surface area contributed by atoms with E-state index in [9.17, 15) is 4.79 Å². The van der Waals surface area contributed by atoms with Crippen LogP contribution in [0.25, 0.3) is 17.0 Å². The zero-order chi connectivity index (χ0) is 18.8. The van der Waals surface area contributed by atoms with Crippen molar-refractivity contribution in [3.63, 3.8) is 0 Å². The summed E-state index contributed by atoms with van der Waals surface area (Å²) >= 11 is 0. The average molecular weight is 361 g/mol. The number of carbonyl (C=O) groups excluding carboxylic acids is 1. The summed E-state index contributed by atoms with van der Waals surface area (Å²) in [6.45, 7) is 0. The number of aromatic amines is 1. The highest BCUT2D eigenvalue weighted by Gasteiger charge is 2.23. The number of H-pyrrole nitrogens is 1. The molecule has 136 valence electrons. The SMILES string of the molecule is COc1ccc(CC2=NNC(=O)/C2=C\c2c[nH]c3ccccc23)cc1OC. The third kappa shape index (κ3) is 3.17. The van der Waals surface area contributed by atoms with E-state index in [-0.39, 0.29) is 5.91 Å². The molecule has 4 rings (SSSR count). The minimum Gasteiger partial charge on any atom is -0.493 e. The number of fused-ring (bicyclic) bond motifs is 1. The molecular formula is C21H19N3O3. The van der Waals surface area contributed by atoms with Crippen molar-refractivity contribution in [3.8, 4) is 11.5 Å². The molecular weight excluding hydrogens is 342 g/mol. The first-order valence-electron chi connectivity index (χ1n) is 8.55. The molecule has 1 amide bonds. The van der Waals surface area contributed by atoms with Crippen molar-refractivity contribution >= 4 is 28.6 Å². The molecule has 1 aliphatic heterocycles. The maximum Gasteiger partial charge on any atom is 0.273 e. The number of nitrogens with zero attached hydrogens (tertiary/aromatic N) is 1. The molecule has 0 atom stereocenters. The first-order chi connectivity index (χ1) is 13.2. The highest BCUT2D eigenvalue weighted by molar-refractivity contribution is 6.28. The van der Waals surface area contributed by atoms with Crippen LogP contribution in [-0.4, -0.2) is 30.8 Å². The van der Waals surface area contributed by atoms with E-state index in [1.807, 2.05) is 54.7 Å². The Balaban J connectivity index is 1.66. The summed E-state index contributed by atoms with van der Waals surface area (Å²) in [5, 5.41) is 5.28. The van der Waals surface area contributed by atoms with E-state index in [1.165, 1.54) is 0 Å². The Morgan fingerprint density at radius 2 is 1.89 bits per heavy atom. The number of para-hydroxylation sites is 1. The molecule has 0 bridgehead atoms. The van der Waals surface area contributed by atoms with E-state index in [0.717, 1.165) is 22.0 Å². The maximum atomic E-state index is 12.3. The number of aromatic nitrogens is 1. The smallest absolute Gasteiger partial charge is 0.273 e. The highest BCUT2D eigenvalue weighted by Crippen LogP contribution is 2.29. The number of rotatable bonds is 5. The van der Waals surface area contributed by atoms with Crippen LogP contribution in [0.1, 0.15) is 11.1 Å². The van der Waals surface area contributed by atoms with Crippen LogP contribution >= 0.6 is 0 Å². The first-order valence-corrected chi connectivity index (χ1v) is 8.55. The van der Waals surface area contributed by atoms with Gasteiger partial charge in [-0.05, 0) is 29.8 Å². The Morgan fingerprint density at radius 1 is 1.07 bits per heavy atom. The molecule has 3 aromatic rings. The first kappa shape index (κ1) is 16.9. The van der Waals surface area contributed by atoms with Gasteiger partial charge in [-0.3, -0.25) is 4.79 Å². The van der Waals surface area contributed by atoms with E-state index in [2.05, 4.69) is 15.5 Å². The summed E-state index contributed by atoms with van der Waals surface area (Å²) in [5.41, 5.74) is 6.79. The van der Waals surface area contributed by atoms with Gasteiger partial charge in [0.2, 0.25) is 0 Å². The largest absolute Gasteiger partial charge is 0.493 e. The summed E-state index contributed by atoms with van der Waals surface area (Å²) in [5.74, 6) is 1.11. The zero-order valence-corrected chi connectivity index (χ0v) is 15.1. The fraction of sp³-hybridized carbons (Fsp3) is 0.143.